The Labute approximate surface area is 308 Å². The van der Waals surface area contributed by atoms with E-state index in [0.717, 1.165) is 44.4 Å². The lowest BCUT2D eigenvalue weighted by molar-refractivity contribution is 0.670. The highest BCUT2D eigenvalue weighted by Crippen LogP contribution is 2.43. The first-order valence-electron chi connectivity index (χ1n) is 18.2. The lowest BCUT2D eigenvalue weighted by Gasteiger charge is -2.29. The van der Waals surface area contributed by atoms with Gasteiger partial charge in [-0.3, -0.25) is 0 Å². The number of para-hydroxylation sites is 2. The Morgan fingerprint density at radius 3 is 1.58 bits per heavy atom. The Morgan fingerprint density at radius 2 is 0.849 bits per heavy atom. The van der Waals surface area contributed by atoms with Crippen LogP contribution in [-0.4, -0.2) is 0 Å². The van der Waals surface area contributed by atoms with Crippen molar-refractivity contribution in [3.63, 3.8) is 0 Å². The Hall–Kier alpha value is -6.90. The molecule has 0 radical (unpaired) electrons. The minimum absolute atomic E-state index is 0.911. The van der Waals surface area contributed by atoms with E-state index in [9.17, 15) is 0 Å². The largest absolute Gasteiger partial charge is 0.455 e. The molecule has 53 heavy (non-hydrogen) atoms. The number of rotatable bonds is 6. The molecule has 0 bridgehead atoms. The molecule has 0 saturated heterocycles. The lowest BCUT2D eigenvalue weighted by Crippen LogP contribution is -2.12. The van der Waals surface area contributed by atoms with Crippen LogP contribution in [0.15, 0.2) is 199 Å². The lowest BCUT2D eigenvalue weighted by atomic mass is 9.96. The van der Waals surface area contributed by atoms with Crippen LogP contribution in [0.5, 0.6) is 0 Å². The van der Waals surface area contributed by atoms with Crippen molar-refractivity contribution in [2.75, 3.05) is 4.90 Å². The first-order chi connectivity index (χ1) is 26.2. The Balaban J connectivity index is 1.04. The second-order valence-electron chi connectivity index (χ2n) is 13.8. The number of nitrogens with zero attached hydrogens (tertiary/aromatic N) is 1. The third-order valence-corrected chi connectivity index (χ3v) is 10.6. The molecule has 2 nitrogen and oxygen atoms in total. The normalized spacial score (nSPS) is 11.5. The minimum atomic E-state index is 0.911. The molecule has 9 aromatic carbocycles. The van der Waals surface area contributed by atoms with Gasteiger partial charge in [0, 0.05) is 33.1 Å². The van der Waals surface area contributed by atoms with Gasteiger partial charge in [-0.1, -0.05) is 164 Å². The fourth-order valence-electron chi connectivity index (χ4n) is 7.96. The second-order valence-corrected chi connectivity index (χ2v) is 13.8. The summed E-state index contributed by atoms with van der Waals surface area (Å²) in [5.74, 6) is 0. The zero-order valence-corrected chi connectivity index (χ0v) is 29.3. The van der Waals surface area contributed by atoms with Crippen LogP contribution in [0.2, 0.25) is 0 Å². The Morgan fingerprint density at radius 1 is 0.358 bits per heavy atom. The number of hydrogen-bond acceptors (Lipinski definition) is 2. The van der Waals surface area contributed by atoms with Crippen molar-refractivity contribution >= 4 is 60.5 Å². The smallest absolute Gasteiger partial charge is 0.143 e. The molecule has 0 aliphatic rings. The van der Waals surface area contributed by atoms with Gasteiger partial charge in [-0.15, -0.1) is 0 Å². The van der Waals surface area contributed by atoms with E-state index in [0.29, 0.717) is 0 Å². The molecular formula is C51H35NO. The predicted octanol–water partition coefficient (Wildman–Crippen LogP) is 14.7. The molecule has 2 heteroatoms. The van der Waals surface area contributed by atoms with Crippen LogP contribution >= 0.6 is 0 Å². The van der Waals surface area contributed by atoms with Gasteiger partial charge in [0.05, 0.1) is 5.69 Å². The third kappa shape index (κ3) is 5.35. The molecule has 0 saturated carbocycles. The summed E-state index contributed by atoms with van der Waals surface area (Å²) in [7, 11) is 0. The van der Waals surface area contributed by atoms with Crippen molar-refractivity contribution in [1.82, 2.24) is 0 Å². The van der Waals surface area contributed by atoms with Crippen molar-refractivity contribution in [1.29, 1.82) is 0 Å². The van der Waals surface area contributed by atoms with Gasteiger partial charge in [0.1, 0.15) is 11.2 Å². The maximum atomic E-state index is 6.40. The molecule has 0 amide bonds. The molecule has 1 heterocycles. The van der Waals surface area contributed by atoms with Gasteiger partial charge in [0.2, 0.25) is 0 Å². The summed E-state index contributed by atoms with van der Waals surface area (Å²) in [6.07, 6.45) is 0. The average molecular weight is 678 g/mol. The van der Waals surface area contributed by atoms with E-state index in [2.05, 4.69) is 194 Å². The van der Waals surface area contributed by atoms with Crippen LogP contribution in [-0.2, 0) is 0 Å². The number of benzene rings is 9. The van der Waals surface area contributed by atoms with Crippen LogP contribution < -0.4 is 4.90 Å². The topological polar surface area (TPSA) is 16.4 Å². The first kappa shape index (κ1) is 30.9. The predicted molar refractivity (Wildman–Crippen MR) is 224 cm³/mol. The van der Waals surface area contributed by atoms with Gasteiger partial charge in [0.15, 0.2) is 0 Å². The van der Waals surface area contributed by atoms with Crippen LogP contribution in [0.25, 0.3) is 76.9 Å². The molecule has 250 valence electrons. The van der Waals surface area contributed by atoms with Crippen LogP contribution in [0, 0.1) is 6.92 Å². The molecule has 0 N–H and O–H groups in total. The van der Waals surface area contributed by atoms with Crippen molar-refractivity contribution in [2.45, 2.75) is 6.92 Å². The number of fused-ring (bicyclic) bond motifs is 5. The summed E-state index contributed by atoms with van der Waals surface area (Å²) < 4.78 is 6.40. The second kappa shape index (κ2) is 12.7. The van der Waals surface area contributed by atoms with Gasteiger partial charge >= 0.3 is 0 Å². The minimum Gasteiger partial charge on any atom is -0.455 e. The summed E-state index contributed by atoms with van der Waals surface area (Å²) in [6.45, 7) is 2.21. The Kier molecular flexibility index (Phi) is 7.40. The van der Waals surface area contributed by atoms with E-state index < -0.39 is 0 Å². The van der Waals surface area contributed by atoms with Gasteiger partial charge in [-0.05, 0) is 86.8 Å². The highest BCUT2D eigenvalue weighted by atomic mass is 16.3. The zero-order valence-electron chi connectivity index (χ0n) is 29.3. The number of anilines is 3. The summed E-state index contributed by atoms with van der Waals surface area (Å²) in [4.78, 5) is 2.40. The first-order valence-corrected chi connectivity index (χ1v) is 18.2. The van der Waals surface area contributed by atoms with Gasteiger partial charge < -0.3 is 9.32 Å². The van der Waals surface area contributed by atoms with E-state index in [-0.39, 0.29) is 0 Å². The molecule has 10 rings (SSSR count). The summed E-state index contributed by atoms with van der Waals surface area (Å²) in [5, 5.41) is 7.25. The van der Waals surface area contributed by atoms with Crippen LogP contribution in [0.1, 0.15) is 5.56 Å². The van der Waals surface area contributed by atoms with Crippen molar-refractivity contribution < 1.29 is 4.42 Å². The molecule has 0 spiro atoms. The molecule has 0 aliphatic carbocycles. The molecular weight excluding hydrogens is 643 g/mol. The summed E-state index contributed by atoms with van der Waals surface area (Å²) in [6, 6.07) is 69.8. The number of hydrogen-bond donors (Lipinski definition) is 0. The number of aryl methyl sites for hydroxylation is 1. The highest BCUT2D eigenvalue weighted by molar-refractivity contribution is 6.09. The monoisotopic (exact) mass is 677 g/mol. The average Bonchev–Trinajstić information content (AvgIpc) is 3.61. The van der Waals surface area contributed by atoms with Crippen molar-refractivity contribution in [3.8, 4) is 33.4 Å². The fraction of sp³-hybridized carbons (Fsp3) is 0.0196. The molecule has 0 aliphatic heterocycles. The summed E-state index contributed by atoms with van der Waals surface area (Å²) >= 11 is 0. The van der Waals surface area contributed by atoms with Crippen molar-refractivity contribution in [3.05, 3.63) is 200 Å². The zero-order chi connectivity index (χ0) is 35.3. The van der Waals surface area contributed by atoms with E-state index >= 15 is 0 Å². The van der Waals surface area contributed by atoms with Gasteiger partial charge in [-0.2, -0.15) is 0 Å². The van der Waals surface area contributed by atoms with Crippen LogP contribution in [0.3, 0.4) is 0 Å². The highest BCUT2D eigenvalue weighted by Gasteiger charge is 2.19. The SMILES string of the molecule is Cc1ccc2ccccc2c1N(c1ccc(-c2ccc(-c3cccc4ccccc34)cc2)cc1)c1ccc(-c2cccc3c2oc2ccccc23)cc1. The molecule has 0 unspecified atom stereocenters. The maximum absolute atomic E-state index is 6.40. The molecule has 0 atom stereocenters. The quantitative estimate of drug-likeness (QED) is 0.174. The van der Waals surface area contributed by atoms with E-state index in [4.69, 9.17) is 4.42 Å². The van der Waals surface area contributed by atoms with E-state index in [1.54, 1.807) is 0 Å². The molecule has 10 aromatic rings. The number of furan rings is 1. The standard InChI is InChI=1S/C51H35NO/c1-34-20-21-38-11-3-5-14-45(38)50(34)52(42-32-28-40(29-33-42)46-17-9-18-48-47-15-6-7-19-49(47)53-51(46)48)41-30-26-36(27-31-41)35-22-24-39(25-23-35)44-16-8-12-37-10-2-4-13-43(37)44/h2-33H,1H3. The summed E-state index contributed by atoms with van der Waals surface area (Å²) in [5.41, 5.74) is 13.5. The molecule has 1 aromatic heterocycles. The van der Waals surface area contributed by atoms with Crippen molar-refractivity contribution in [2.24, 2.45) is 0 Å². The maximum Gasteiger partial charge on any atom is 0.143 e. The third-order valence-electron chi connectivity index (χ3n) is 10.6. The Bertz CT molecular complexity index is 2930. The van der Waals surface area contributed by atoms with E-state index in [1.165, 1.54) is 55.0 Å². The van der Waals surface area contributed by atoms with E-state index in [1.807, 2.05) is 12.1 Å². The molecule has 0 fully saturated rings. The van der Waals surface area contributed by atoms with Gasteiger partial charge in [-0.25, -0.2) is 0 Å². The van der Waals surface area contributed by atoms with Gasteiger partial charge in [0.25, 0.3) is 0 Å². The fourth-order valence-corrected chi connectivity index (χ4v) is 7.96. The van der Waals surface area contributed by atoms with Crippen LogP contribution in [0.4, 0.5) is 17.1 Å².